The molecule has 2 aromatic rings. The molecule has 0 atom stereocenters. The monoisotopic (exact) mass is 239 g/mol. The zero-order chi connectivity index (χ0) is 9.42. The van der Waals surface area contributed by atoms with Gasteiger partial charge < -0.3 is 0 Å². The van der Waals surface area contributed by atoms with E-state index in [0.29, 0.717) is 5.52 Å². The Kier molecular flexibility index (Phi) is 2.04. The summed E-state index contributed by atoms with van der Waals surface area (Å²) in [6.45, 7) is 2.00. The maximum absolute atomic E-state index is 12.9. The second-order valence-electron chi connectivity index (χ2n) is 2.95. The minimum atomic E-state index is -0.455. The molecule has 66 valence electrons. The van der Waals surface area contributed by atoms with Gasteiger partial charge in [-0.25, -0.2) is 4.98 Å². The number of aryl methyl sites for hydroxylation is 1. The molecule has 0 unspecified atom stereocenters. The molecule has 1 aromatic heterocycles. The Balaban J connectivity index is 2.87. The standard InChI is InChI=1S/C10H7BrFN/c1-6-2-3-9-7(4-6)8(11)5-10(12)13-9/h2-5H,1H3. The zero-order valence-corrected chi connectivity index (χ0v) is 8.60. The van der Waals surface area contributed by atoms with Crippen molar-refractivity contribution in [2.75, 3.05) is 0 Å². The Morgan fingerprint density at radius 3 is 2.85 bits per heavy atom. The highest BCUT2D eigenvalue weighted by atomic mass is 79.9. The predicted octanol–water partition coefficient (Wildman–Crippen LogP) is 3.44. The van der Waals surface area contributed by atoms with Gasteiger partial charge in [-0.2, -0.15) is 4.39 Å². The average Bonchev–Trinajstić information content (AvgIpc) is 2.06. The second kappa shape index (κ2) is 3.07. The number of hydrogen-bond acceptors (Lipinski definition) is 1. The Hall–Kier alpha value is -0.960. The number of fused-ring (bicyclic) bond motifs is 1. The zero-order valence-electron chi connectivity index (χ0n) is 7.01. The first-order chi connectivity index (χ1) is 6.16. The van der Waals surface area contributed by atoms with Gasteiger partial charge in [-0.15, -0.1) is 0 Å². The minimum Gasteiger partial charge on any atom is -0.220 e. The van der Waals surface area contributed by atoms with E-state index in [1.807, 2.05) is 25.1 Å². The summed E-state index contributed by atoms with van der Waals surface area (Å²) in [6.07, 6.45) is 0. The molecule has 0 N–H and O–H groups in total. The third-order valence-corrected chi connectivity index (χ3v) is 2.54. The number of nitrogens with zero attached hydrogens (tertiary/aromatic N) is 1. The first kappa shape index (κ1) is 8.63. The molecule has 0 spiro atoms. The Labute approximate surface area is 83.7 Å². The van der Waals surface area contributed by atoms with Crippen LogP contribution < -0.4 is 0 Å². The molecule has 0 aliphatic carbocycles. The summed E-state index contributed by atoms with van der Waals surface area (Å²) in [5.74, 6) is -0.455. The molecule has 3 heteroatoms. The summed E-state index contributed by atoms with van der Waals surface area (Å²) in [5, 5.41) is 0.946. The molecular weight excluding hydrogens is 233 g/mol. The van der Waals surface area contributed by atoms with Gasteiger partial charge in [-0.3, -0.25) is 0 Å². The third-order valence-electron chi connectivity index (χ3n) is 1.88. The van der Waals surface area contributed by atoms with E-state index in [-0.39, 0.29) is 0 Å². The van der Waals surface area contributed by atoms with E-state index in [0.717, 1.165) is 15.4 Å². The lowest BCUT2D eigenvalue weighted by Crippen LogP contribution is -1.86. The van der Waals surface area contributed by atoms with E-state index >= 15 is 0 Å². The molecule has 1 nitrogen and oxygen atoms in total. The van der Waals surface area contributed by atoms with Crippen LogP contribution in [0.15, 0.2) is 28.7 Å². The predicted molar refractivity (Wildman–Crippen MR) is 54.1 cm³/mol. The van der Waals surface area contributed by atoms with Gasteiger partial charge in [-0.05, 0) is 35.0 Å². The lowest BCUT2D eigenvalue weighted by Gasteiger charge is -2.01. The highest BCUT2D eigenvalue weighted by molar-refractivity contribution is 9.10. The summed E-state index contributed by atoms with van der Waals surface area (Å²) in [7, 11) is 0. The number of benzene rings is 1. The van der Waals surface area contributed by atoms with E-state index < -0.39 is 5.95 Å². The fourth-order valence-electron chi connectivity index (χ4n) is 1.27. The molecule has 0 saturated carbocycles. The van der Waals surface area contributed by atoms with Gasteiger partial charge in [-0.1, -0.05) is 11.6 Å². The van der Waals surface area contributed by atoms with Crippen LogP contribution in [0.4, 0.5) is 4.39 Å². The normalized spacial score (nSPS) is 10.7. The quantitative estimate of drug-likeness (QED) is 0.642. The Morgan fingerprint density at radius 2 is 2.08 bits per heavy atom. The van der Waals surface area contributed by atoms with Crippen molar-refractivity contribution in [1.29, 1.82) is 0 Å². The number of aromatic nitrogens is 1. The van der Waals surface area contributed by atoms with Crippen LogP contribution in [0.5, 0.6) is 0 Å². The second-order valence-corrected chi connectivity index (χ2v) is 3.80. The molecule has 0 radical (unpaired) electrons. The summed E-state index contributed by atoms with van der Waals surface area (Å²) in [4.78, 5) is 3.78. The van der Waals surface area contributed by atoms with E-state index in [4.69, 9.17) is 0 Å². The van der Waals surface area contributed by atoms with Crippen molar-refractivity contribution in [3.8, 4) is 0 Å². The fraction of sp³-hybridized carbons (Fsp3) is 0.100. The smallest absolute Gasteiger partial charge is 0.214 e. The minimum absolute atomic E-state index is 0.455. The van der Waals surface area contributed by atoms with Gasteiger partial charge in [0.2, 0.25) is 5.95 Å². The van der Waals surface area contributed by atoms with Crippen LogP contribution in [0.1, 0.15) is 5.56 Å². The van der Waals surface area contributed by atoms with Crippen molar-refractivity contribution in [1.82, 2.24) is 4.98 Å². The Bertz CT molecular complexity index is 468. The van der Waals surface area contributed by atoms with Crippen molar-refractivity contribution in [3.63, 3.8) is 0 Å². The molecule has 0 aliphatic rings. The maximum Gasteiger partial charge on any atom is 0.214 e. The van der Waals surface area contributed by atoms with Crippen molar-refractivity contribution in [3.05, 3.63) is 40.2 Å². The van der Waals surface area contributed by atoms with E-state index in [1.165, 1.54) is 6.07 Å². The van der Waals surface area contributed by atoms with Gasteiger partial charge in [0.05, 0.1) is 5.52 Å². The Morgan fingerprint density at radius 1 is 1.31 bits per heavy atom. The molecule has 0 aliphatic heterocycles. The highest BCUT2D eigenvalue weighted by Gasteiger charge is 2.02. The van der Waals surface area contributed by atoms with E-state index in [9.17, 15) is 4.39 Å². The van der Waals surface area contributed by atoms with Crippen LogP contribution in [-0.2, 0) is 0 Å². The lowest BCUT2D eigenvalue weighted by atomic mass is 10.1. The average molecular weight is 240 g/mol. The SMILES string of the molecule is Cc1ccc2nc(F)cc(Br)c2c1. The number of pyridine rings is 1. The molecule has 2 rings (SSSR count). The van der Waals surface area contributed by atoms with Crippen molar-refractivity contribution >= 4 is 26.8 Å². The van der Waals surface area contributed by atoms with E-state index in [1.54, 1.807) is 0 Å². The van der Waals surface area contributed by atoms with E-state index in [2.05, 4.69) is 20.9 Å². The molecule has 0 bridgehead atoms. The molecule has 13 heavy (non-hydrogen) atoms. The summed E-state index contributed by atoms with van der Waals surface area (Å²) >= 11 is 3.30. The van der Waals surface area contributed by atoms with Crippen LogP contribution in [0, 0.1) is 12.9 Å². The number of hydrogen-bond donors (Lipinski definition) is 0. The van der Waals surface area contributed by atoms with Crippen LogP contribution in [0.3, 0.4) is 0 Å². The first-order valence-corrected chi connectivity index (χ1v) is 4.68. The highest BCUT2D eigenvalue weighted by Crippen LogP contribution is 2.23. The first-order valence-electron chi connectivity index (χ1n) is 3.89. The van der Waals surface area contributed by atoms with Gasteiger partial charge in [0.1, 0.15) is 0 Å². The van der Waals surface area contributed by atoms with Crippen molar-refractivity contribution in [2.24, 2.45) is 0 Å². The van der Waals surface area contributed by atoms with Crippen molar-refractivity contribution < 1.29 is 4.39 Å². The van der Waals surface area contributed by atoms with Gasteiger partial charge in [0.25, 0.3) is 0 Å². The van der Waals surface area contributed by atoms with Crippen LogP contribution in [0.25, 0.3) is 10.9 Å². The molecule has 0 fully saturated rings. The van der Waals surface area contributed by atoms with Crippen LogP contribution in [-0.4, -0.2) is 4.98 Å². The van der Waals surface area contributed by atoms with Gasteiger partial charge in [0.15, 0.2) is 0 Å². The van der Waals surface area contributed by atoms with Crippen LogP contribution in [0.2, 0.25) is 0 Å². The molecule has 0 saturated heterocycles. The molecule has 0 amide bonds. The third kappa shape index (κ3) is 1.56. The lowest BCUT2D eigenvalue weighted by molar-refractivity contribution is 0.588. The molecular formula is C10H7BrFN. The van der Waals surface area contributed by atoms with Crippen molar-refractivity contribution in [2.45, 2.75) is 6.92 Å². The maximum atomic E-state index is 12.9. The molecule has 1 heterocycles. The summed E-state index contributed by atoms with van der Waals surface area (Å²) < 4.78 is 13.6. The summed E-state index contributed by atoms with van der Waals surface area (Å²) in [6, 6.07) is 7.09. The number of rotatable bonds is 0. The summed E-state index contributed by atoms with van der Waals surface area (Å²) in [5.41, 5.74) is 1.82. The van der Waals surface area contributed by atoms with Crippen LogP contribution >= 0.6 is 15.9 Å². The molecule has 1 aromatic carbocycles. The topological polar surface area (TPSA) is 12.9 Å². The van der Waals surface area contributed by atoms with Gasteiger partial charge in [0, 0.05) is 15.9 Å². The number of halogens is 2. The fourth-order valence-corrected chi connectivity index (χ4v) is 1.77. The van der Waals surface area contributed by atoms with Gasteiger partial charge >= 0.3 is 0 Å². The largest absolute Gasteiger partial charge is 0.220 e.